The fourth-order valence-corrected chi connectivity index (χ4v) is 1.08. The number of carboxylic acid groups (broad SMARTS) is 1. The maximum Gasteiger partial charge on any atom is 0.328 e. The van der Waals surface area contributed by atoms with E-state index < -0.39 is 24.6 Å². The van der Waals surface area contributed by atoms with Crippen molar-refractivity contribution in [3.63, 3.8) is 0 Å². The molecule has 1 atom stereocenters. The molecule has 0 saturated heterocycles. The number of aliphatic hydroxyl groups excluding tert-OH is 1. The number of rotatable bonds is 6. The highest BCUT2D eigenvalue weighted by Crippen LogP contribution is 2.12. The Balaban J connectivity index is 4.31. The molecule has 0 aliphatic heterocycles. The van der Waals surface area contributed by atoms with Crippen molar-refractivity contribution in [3.8, 4) is 0 Å². The fraction of sp³-hybridized carbons (Fsp3) is 0.800. The lowest BCUT2D eigenvalue weighted by molar-refractivity contribution is -0.140. The number of amides is 2. The third-order valence-electron chi connectivity index (χ3n) is 2.76. The first-order valence-electron chi connectivity index (χ1n) is 5.31. The molecule has 0 aromatic heterocycles. The van der Waals surface area contributed by atoms with E-state index in [0.29, 0.717) is 0 Å². The van der Waals surface area contributed by atoms with Gasteiger partial charge >= 0.3 is 12.0 Å². The first kappa shape index (κ1) is 14.7. The van der Waals surface area contributed by atoms with Gasteiger partial charge in [0.15, 0.2) is 6.04 Å². The molecule has 16 heavy (non-hydrogen) atoms. The number of nitrogens with one attached hydrogen (secondary N) is 2. The van der Waals surface area contributed by atoms with Crippen LogP contribution in [0.1, 0.15) is 33.6 Å². The highest BCUT2D eigenvalue weighted by atomic mass is 16.4. The molecule has 0 bridgehead atoms. The Morgan fingerprint density at radius 1 is 1.31 bits per heavy atom. The van der Waals surface area contributed by atoms with Gasteiger partial charge in [0.25, 0.3) is 0 Å². The summed E-state index contributed by atoms with van der Waals surface area (Å²) in [6.45, 7) is 5.12. The van der Waals surface area contributed by atoms with Gasteiger partial charge in [0.05, 0.1) is 6.61 Å². The van der Waals surface area contributed by atoms with Crippen LogP contribution in [-0.4, -0.2) is 40.4 Å². The van der Waals surface area contributed by atoms with Crippen LogP contribution in [-0.2, 0) is 4.79 Å². The minimum atomic E-state index is -1.27. The van der Waals surface area contributed by atoms with Gasteiger partial charge in [-0.1, -0.05) is 13.8 Å². The third kappa shape index (κ3) is 4.48. The maximum absolute atomic E-state index is 11.5. The Hall–Kier alpha value is -1.30. The molecule has 0 rings (SSSR count). The Labute approximate surface area is 95.0 Å². The molecule has 6 nitrogen and oxygen atoms in total. The van der Waals surface area contributed by atoms with Gasteiger partial charge < -0.3 is 20.8 Å². The van der Waals surface area contributed by atoms with Gasteiger partial charge in [0.2, 0.25) is 0 Å². The molecule has 0 radical (unpaired) electrons. The van der Waals surface area contributed by atoms with Gasteiger partial charge in [-0.2, -0.15) is 0 Å². The number of urea groups is 1. The molecular weight excluding hydrogens is 212 g/mol. The Morgan fingerprint density at radius 2 is 1.81 bits per heavy atom. The molecule has 0 aliphatic rings. The van der Waals surface area contributed by atoms with E-state index in [1.54, 1.807) is 0 Å². The van der Waals surface area contributed by atoms with Crippen LogP contribution in [0.25, 0.3) is 0 Å². The minimum absolute atomic E-state index is 0.359. The highest BCUT2D eigenvalue weighted by molar-refractivity contribution is 5.82. The van der Waals surface area contributed by atoms with Gasteiger partial charge in [-0.05, 0) is 19.8 Å². The lowest BCUT2D eigenvalue weighted by Gasteiger charge is -2.28. The van der Waals surface area contributed by atoms with E-state index >= 15 is 0 Å². The van der Waals surface area contributed by atoms with Gasteiger partial charge in [-0.3, -0.25) is 0 Å². The average molecular weight is 232 g/mol. The molecule has 0 saturated carbocycles. The fourth-order valence-electron chi connectivity index (χ4n) is 1.08. The second kappa shape index (κ2) is 6.32. The summed E-state index contributed by atoms with van der Waals surface area (Å²) in [4.78, 5) is 22.0. The second-order valence-corrected chi connectivity index (χ2v) is 3.94. The molecule has 1 unspecified atom stereocenters. The molecule has 0 aromatic rings. The summed E-state index contributed by atoms with van der Waals surface area (Å²) in [6.07, 6.45) is 1.49. The summed E-state index contributed by atoms with van der Waals surface area (Å²) in [7, 11) is 0. The van der Waals surface area contributed by atoms with Crippen molar-refractivity contribution in [3.05, 3.63) is 0 Å². The van der Waals surface area contributed by atoms with Crippen molar-refractivity contribution in [2.45, 2.75) is 45.2 Å². The number of aliphatic carboxylic acids is 1. The minimum Gasteiger partial charge on any atom is -0.480 e. The average Bonchev–Trinajstić information content (AvgIpc) is 2.25. The quantitative estimate of drug-likeness (QED) is 0.529. The zero-order valence-corrected chi connectivity index (χ0v) is 9.91. The molecule has 0 spiro atoms. The van der Waals surface area contributed by atoms with Crippen molar-refractivity contribution in [1.82, 2.24) is 10.6 Å². The lowest BCUT2D eigenvalue weighted by atomic mass is 9.96. The summed E-state index contributed by atoms with van der Waals surface area (Å²) < 4.78 is 0. The van der Waals surface area contributed by atoms with E-state index in [1.807, 2.05) is 20.8 Å². The lowest BCUT2D eigenvalue weighted by Crippen LogP contribution is -2.54. The van der Waals surface area contributed by atoms with E-state index in [-0.39, 0.29) is 5.54 Å². The largest absolute Gasteiger partial charge is 0.480 e. The van der Waals surface area contributed by atoms with Crippen LogP contribution in [0.4, 0.5) is 4.79 Å². The van der Waals surface area contributed by atoms with Gasteiger partial charge in [0.1, 0.15) is 0 Å². The predicted molar refractivity (Wildman–Crippen MR) is 59.2 cm³/mol. The number of hydrogen-bond donors (Lipinski definition) is 4. The summed E-state index contributed by atoms with van der Waals surface area (Å²) in [6, 6.07) is -1.84. The van der Waals surface area contributed by atoms with Crippen LogP contribution >= 0.6 is 0 Å². The molecule has 6 heteroatoms. The van der Waals surface area contributed by atoms with Crippen molar-refractivity contribution >= 4 is 12.0 Å². The molecule has 94 valence electrons. The second-order valence-electron chi connectivity index (χ2n) is 3.94. The number of carboxylic acids is 1. The van der Waals surface area contributed by atoms with Crippen molar-refractivity contribution in [2.75, 3.05) is 6.61 Å². The summed E-state index contributed by atoms with van der Waals surface area (Å²) in [5.74, 6) is -1.26. The van der Waals surface area contributed by atoms with Crippen LogP contribution in [0.5, 0.6) is 0 Å². The van der Waals surface area contributed by atoms with Crippen LogP contribution in [0, 0.1) is 0 Å². The van der Waals surface area contributed by atoms with E-state index in [0.717, 1.165) is 12.8 Å². The first-order valence-corrected chi connectivity index (χ1v) is 5.31. The molecule has 0 fully saturated rings. The standard InChI is InChI=1S/C10H20N2O4/c1-4-10(3,5-2)12-9(16)11-7(6-13)8(14)15/h7,13H,4-6H2,1-3H3,(H,14,15)(H2,11,12,16). The van der Waals surface area contributed by atoms with E-state index in [9.17, 15) is 9.59 Å². The molecule has 2 amide bonds. The maximum atomic E-state index is 11.5. The molecule has 0 heterocycles. The predicted octanol–water partition coefficient (Wildman–Crippen LogP) is 0.310. The van der Waals surface area contributed by atoms with Crippen molar-refractivity contribution in [1.29, 1.82) is 0 Å². The van der Waals surface area contributed by atoms with Gasteiger partial charge in [-0.15, -0.1) is 0 Å². The number of carbonyl (C=O) groups is 2. The van der Waals surface area contributed by atoms with Crippen LogP contribution in [0.15, 0.2) is 0 Å². The molecular formula is C10H20N2O4. The number of carbonyl (C=O) groups excluding carboxylic acids is 1. The van der Waals surface area contributed by atoms with Crippen molar-refractivity contribution in [2.24, 2.45) is 0 Å². The summed E-state index contributed by atoms with van der Waals surface area (Å²) in [5, 5.41) is 22.2. The topological polar surface area (TPSA) is 98.7 Å². The van der Waals surface area contributed by atoms with Crippen LogP contribution in [0.3, 0.4) is 0 Å². The van der Waals surface area contributed by atoms with Crippen molar-refractivity contribution < 1.29 is 19.8 Å². The van der Waals surface area contributed by atoms with E-state index in [1.165, 1.54) is 0 Å². The Bertz CT molecular complexity index is 251. The summed E-state index contributed by atoms with van der Waals surface area (Å²) in [5.41, 5.74) is -0.359. The monoisotopic (exact) mass is 232 g/mol. The molecule has 0 aromatic carbocycles. The Kier molecular flexibility index (Phi) is 5.81. The molecule has 0 aliphatic carbocycles. The highest BCUT2D eigenvalue weighted by Gasteiger charge is 2.25. The number of hydrogen-bond acceptors (Lipinski definition) is 3. The molecule has 4 N–H and O–H groups in total. The van der Waals surface area contributed by atoms with E-state index in [2.05, 4.69) is 10.6 Å². The van der Waals surface area contributed by atoms with E-state index in [4.69, 9.17) is 10.2 Å². The number of aliphatic hydroxyl groups is 1. The SMILES string of the molecule is CCC(C)(CC)NC(=O)NC(CO)C(=O)O. The van der Waals surface area contributed by atoms with Gasteiger partial charge in [-0.25, -0.2) is 9.59 Å². The normalized spacial score (nSPS) is 13.0. The zero-order valence-electron chi connectivity index (χ0n) is 9.91. The third-order valence-corrected chi connectivity index (χ3v) is 2.76. The smallest absolute Gasteiger partial charge is 0.328 e. The van der Waals surface area contributed by atoms with Crippen LogP contribution < -0.4 is 10.6 Å². The van der Waals surface area contributed by atoms with Crippen LogP contribution in [0.2, 0.25) is 0 Å². The first-order chi connectivity index (χ1) is 7.38. The van der Waals surface area contributed by atoms with Gasteiger partial charge in [0, 0.05) is 5.54 Å². The Morgan fingerprint density at radius 3 is 2.12 bits per heavy atom. The summed E-state index contributed by atoms with van der Waals surface area (Å²) >= 11 is 0. The zero-order chi connectivity index (χ0) is 12.8.